The van der Waals surface area contributed by atoms with Gasteiger partial charge in [-0.05, 0) is 33.4 Å². The molecule has 18 heavy (non-hydrogen) atoms. The van der Waals surface area contributed by atoms with Crippen LogP contribution in [0.15, 0.2) is 0 Å². The van der Waals surface area contributed by atoms with Crippen LogP contribution in [0.2, 0.25) is 0 Å². The van der Waals surface area contributed by atoms with Gasteiger partial charge < -0.3 is 20.9 Å². The van der Waals surface area contributed by atoms with E-state index in [0.717, 1.165) is 26.2 Å². The minimum absolute atomic E-state index is 0.0740. The zero-order chi connectivity index (χ0) is 13.0. The highest BCUT2D eigenvalue weighted by Gasteiger charge is 2.25. The van der Waals surface area contributed by atoms with Crippen LogP contribution in [0.25, 0.3) is 0 Å². The van der Waals surface area contributed by atoms with Crippen molar-refractivity contribution in [2.24, 2.45) is 0 Å². The van der Waals surface area contributed by atoms with Crippen LogP contribution in [0.5, 0.6) is 0 Å². The molecule has 0 aromatic carbocycles. The fourth-order valence-corrected chi connectivity index (χ4v) is 2.71. The van der Waals surface area contributed by atoms with E-state index in [1.54, 1.807) is 0 Å². The first-order valence-corrected chi connectivity index (χ1v) is 7.11. The van der Waals surface area contributed by atoms with Gasteiger partial charge in [-0.1, -0.05) is 6.42 Å². The smallest absolute Gasteiger partial charge is 0.238 e. The predicted octanol–water partition coefficient (Wildman–Crippen LogP) is -0.463. The van der Waals surface area contributed by atoms with Gasteiger partial charge in [0.05, 0.1) is 6.04 Å². The molecular weight excluding hydrogens is 228 g/mol. The number of piperazine rings is 1. The molecular formula is C13H26N4O. The molecule has 3 N–H and O–H groups in total. The van der Waals surface area contributed by atoms with Gasteiger partial charge in [-0.3, -0.25) is 4.79 Å². The Hall–Kier alpha value is -0.650. The Balaban J connectivity index is 1.70. The number of nitrogens with one attached hydrogen (secondary N) is 3. The molecule has 2 fully saturated rings. The van der Waals surface area contributed by atoms with Crippen molar-refractivity contribution in [3.8, 4) is 0 Å². The normalized spacial score (nSPS) is 34.2. The molecule has 5 nitrogen and oxygen atoms in total. The Morgan fingerprint density at radius 3 is 2.83 bits per heavy atom. The molecule has 0 radical (unpaired) electrons. The summed E-state index contributed by atoms with van der Waals surface area (Å²) in [6.45, 7) is 5.65. The fourth-order valence-electron chi connectivity index (χ4n) is 2.71. The second kappa shape index (κ2) is 6.50. The average Bonchev–Trinajstić information content (AvgIpc) is 2.38. The zero-order valence-electron chi connectivity index (χ0n) is 11.5. The van der Waals surface area contributed by atoms with Gasteiger partial charge in [-0.25, -0.2) is 0 Å². The highest BCUT2D eigenvalue weighted by Crippen LogP contribution is 2.13. The van der Waals surface area contributed by atoms with Crippen LogP contribution < -0.4 is 16.0 Å². The standard InChI is InChI=1S/C13H26N4O/c1-10-7-15-12(9-14-10)13(18)16-8-11-5-3-4-6-17(11)2/h10-12,14-15H,3-9H2,1-2H3,(H,16,18). The van der Waals surface area contributed by atoms with Crippen LogP contribution in [0.3, 0.4) is 0 Å². The number of rotatable bonds is 3. The van der Waals surface area contributed by atoms with Crippen LogP contribution in [-0.4, -0.2) is 62.2 Å². The van der Waals surface area contributed by atoms with E-state index in [1.165, 1.54) is 19.3 Å². The Labute approximate surface area is 110 Å². The highest BCUT2D eigenvalue weighted by atomic mass is 16.2. The molecule has 2 heterocycles. The van der Waals surface area contributed by atoms with Crippen LogP contribution >= 0.6 is 0 Å². The molecule has 2 aliphatic heterocycles. The Morgan fingerprint density at radius 1 is 1.33 bits per heavy atom. The van der Waals surface area contributed by atoms with E-state index in [9.17, 15) is 4.79 Å². The molecule has 3 unspecified atom stereocenters. The monoisotopic (exact) mass is 254 g/mol. The first-order valence-electron chi connectivity index (χ1n) is 7.11. The summed E-state index contributed by atoms with van der Waals surface area (Å²) in [7, 11) is 2.15. The van der Waals surface area contributed by atoms with Crippen molar-refractivity contribution < 1.29 is 4.79 Å². The Bertz CT molecular complexity index is 276. The lowest BCUT2D eigenvalue weighted by Gasteiger charge is -2.33. The van der Waals surface area contributed by atoms with E-state index in [4.69, 9.17) is 0 Å². The van der Waals surface area contributed by atoms with Gasteiger partial charge in [0.25, 0.3) is 0 Å². The van der Waals surface area contributed by atoms with Crippen molar-refractivity contribution >= 4 is 5.91 Å². The van der Waals surface area contributed by atoms with E-state index < -0.39 is 0 Å². The van der Waals surface area contributed by atoms with E-state index in [0.29, 0.717) is 12.1 Å². The lowest BCUT2D eigenvalue weighted by Crippen LogP contribution is -2.59. The van der Waals surface area contributed by atoms with Gasteiger partial charge in [0, 0.05) is 31.7 Å². The van der Waals surface area contributed by atoms with Crippen molar-refractivity contribution in [1.82, 2.24) is 20.9 Å². The van der Waals surface area contributed by atoms with Crippen molar-refractivity contribution in [1.29, 1.82) is 0 Å². The number of nitrogens with zero attached hydrogens (tertiary/aromatic N) is 1. The topological polar surface area (TPSA) is 56.4 Å². The molecule has 2 rings (SSSR count). The fraction of sp³-hybridized carbons (Fsp3) is 0.923. The van der Waals surface area contributed by atoms with Crippen LogP contribution in [0, 0.1) is 0 Å². The van der Waals surface area contributed by atoms with Crippen LogP contribution in [0.1, 0.15) is 26.2 Å². The third kappa shape index (κ3) is 3.67. The molecule has 0 aromatic heterocycles. The van der Waals surface area contributed by atoms with Crippen molar-refractivity contribution in [3.05, 3.63) is 0 Å². The maximum Gasteiger partial charge on any atom is 0.238 e. The van der Waals surface area contributed by atoms with Gasteiger partial charge >= 0.3 is 0 Å². The summed E-state index contributed by atoms with van der Waals surface area (Å²) < 4.78 is 0. The predicted molar refractivity (Wildman–Crippen MR) is 72.5 cm³/mol. The number of likely N-dealkylation sites (N-methyl/N-ethyl adjacent to an activating group) is 1. The average molecular weight is 254 g/mol. The zero-order valence-corrected chi connectivity index (χ0v) is 11.5. The van der Waals surface area contributed by atoms with Crippen molar-refractivity contribution in [2.75, 3.05) is 33.2 Å². The number of amides is 1. The number of carbonyl (C=O) groups is 1. The molecule has 104 valence electrons. The van der Waals surface area contributed by atoms with E-state index in [-0.39, 0.29) is 11.9 Å². The lowest BCUT2D eigenvalue weighted by atomic mass is 10.0. The first kappa shape index (κ1) is 13.8. The second-order valence-corrected chi connectivity index (χ2v) is 5.65. The van der Waals surface area contributed by atoms with Gasteiger partial charge in [0.15, 0.2) is 0 Å². The maximum atomic E-state index is 12.0. The summed E-state index contributed by atoms with van der Waals surface area (Å²) in [5.41, 5.74) is 0. The first-order chi connectivity index (χ1) is 8.66. The number of carbonyl (C=O) groups excluding carboxylic acids is 1. The molecule has 2 aliphatic rings. The molecule has 5 heteroatoms. The van der Waals surface area contributed by atoms with E-state index in [1.807, 2.05) is 0 Å². The minimum atomic E-state index is -0.0740. The number of piperidine rings is 1. The number of hydrogen-bond donors (Lipinski definition) is 3. The molecule has 0 spiro atoms. The Morgan fingerprint density at radius 2 is 2.17 bits per heavy atom. The summed E-state index contributed by atoms with van der Waals surface area (Å²) in [6.07, 6.45) is 3.77. The highest BCUT2D eigenvalue weighted by molar-refractivity contribution is 5.82. The van der Waals surface area contributed by atoms with Gasteiger partial charge in [-0.15, -0.1) is 0 Å². The molecule has 0 saturated carbocycles. The number of likely N-dealkylation sites (tertiary alicyclic amines) is 1. The molecule has 1 amide bonds. The van der Waals surface area contributed by atoms with Gasteiger partial charge in [-0.2, -0.15) is 0 Å². The van der Waals surface area contributed by atoms with Gasteiger partial charge in [0.2, 0.25) is 5.91 Å². The van der Waals surface area contributed by atoms with E-state index >= 15 is 0 Å². The Kier molecular flexibility index (Phi) is 4.97. The third-order valence-corrected chi connectivity index (χ3v) is 4.09. The van der Waals surface area contributed by atoms with E-state index in [2.05, 4.69) is 34.8 Å². The second-order valence-electron chi connectivity index (χ2n) is 5.65. The summed E-state index contributed by atoms with van der Waals surface area (Å²) in [4.78, 5) is 14.4. The van der Waals surface area contributed by atoms with Crippen molar-refractivity contribution in [2.45, 2.75) is 44.3 Å². The van der Waals surface area contributed by atoms with Gasteiger partial charge in [0.1, 0.15) is 0 Å². The van der Waals surface area contributed by atoms with Crippen LogP contribution in [-0.2, 0) is 4.79 Å². The third-order valence-electron chi connectivity index (χ3n) is 4.09. The quantitative estimate of drug-likeness (QED) is 0.638. The molecule has 0 aromatic rings. The molecule has 3 atom stereocenters. The SMILES string of the molecule is CC1CNC(C(=O)NCC2CCCCN2C)CN1. The molecule has 0 aliphatic carbocycles. The molecule has 0 bridgehead atoms. The summed E-state index contributed by atoms with van der Waals surface area (Å²) in [5.74, 6) is 0.133. The number of hydrogen-bond acceptors (Lipinski definition) is 4. The summed E-state index contributed by atoms with van der Waals surface area (Å²) in [5, 5.41) is 9.69. The summed E-state index contributed by atoms with van der Waals surface area (Å²) >= 11 is 0. The minimum Gasteiger partial charge on any atom is -0.353 e. The summed E-state index contributed by atoms with van der Waals surface area (Å²) in [6, 6.07) is 0.895. The van der Waals surface area contributed by atoms with Crippen molar-refractivity contribution in [3.63, 3.8) is 0 Å². The van der Waals surface area contributed by atoms with Crippen LogP contribution in [0.4, 0.5) is 0 Å². The maximum absolute atomic E-state index is 12.0. The lowest BCUT2D eigenvalue weighted by molar-refractivity contribution is -0.123. The largest absolute Gasteiger partial charge is 0.353 e. The molecule has 2 saturated heterocycles.